The fourth-order valence-electron chi connectivity index (χ4n) is 9.02. The molecular formula is C30H50O2. The summed E-state index contributed by atoms with van der Waals surface area (Å²) in [4.78, 5) is 11.9. The highest BCUT2D eigenvalue weighted by molar-refractivity contribution is 5.69. The van der Waals surface area contributed by atoms with Gasteiger partial charge >= 0.3 is 5.97 Å². The van der Waals surface area contributed by atoms with E-state index in [1.54, 1.807) is 5.57 Å². The number of hydrogen-bond donors (Lipinski definition) is 0. The van der Waals surface area contributed by atoms with Crippen molar-refractivity contribution < 1.29 is 9.53 Å². The third kappa shape index (κ3) is 4.34. The first-order chi connectivity index (χ1) is 15.2. The largest absolute Gasteiger partial charge is 0.462 e. The molecular weight excluding hydrogens is 392 g/mol. The molecule has 2 heteroatoms. The molecule has 8 atom stereocenters. The lowest BCUT2D eigenvalue weighted by atomic mass is 9.47. The molecule has 0 unspecified atom stereocenters. The van der Waals surface area contributed by atoms with Crippen molar-refractivity contribution in [2.75, 3.05) is 0 Å². The van der Waals surface area contributed by atoms with E-state index in [0.717, 1.165) is 48.3 Å². The van der Waals surface area contributed by atoms with Gasteiger partial charge in [-0.15, -0.1) is 0 Å². The van der Waals surface area contributed by atoms with Crippen LogP contribution in [-0.2, 0) is 9.53 Å². The highest BCUT2D eigenvalue weighted by Gasteiger charge is 2.59. The van der Waals surface area contributed by atoms with Crippen molar-refractivity contribution >= 4 is 5.97 Å². The first-order valence-corrected chi connectivity index (χ1v) is 14.1. The number of ether oxygens (including phenoxy) is 1. The molecule has 0 heterocycles. The first kappa shape index (κ1) is 24.3. The molecule has 4 rings (SSSR count). The van der Waals surface area contributed by atoms with Crippen LogP contribution in [0.5, 0.6) is 0 Å². The third-order valence-electron chi connectivity index (χ3n) is 10.8. The van der Waals surface area contributed by atoms with Gasteiger partial charge in [0, 0.05) is 12.8 Å². The number of carbonyl (C=O) groups excluding carboxylic acids is 1. The number of carbonyl (C=O) groups is 1. The second kappa shape index (κ2) is 9.46. The molecule has 4 aliphatic carbocycles. The van der Waals surface area contributed by atoms with Crippen molar-refractivity contribution in [3.05, 3.63) is 11.6 Å². The van der Waals surface area contributed by atoms with Crippen molar-refractivity contribution in [1.82, 2.24) is 0 Å². The van der Waals surface area contributed by atoms with Crippen molar-refractivity contribution in [2.24, 2.45) is 46.3 Å². The fourth-order valence-corrected chi connectivity index (χ4v) is 9.02. The van der Waals surface area contributed by atoms with E-state index in [2.05, 4.69) is 40.7 Å². The highest BCUT2D eigenvalue weighted by atomic mass is 16.5. The Morgan fingerprint density at radius 2 is 1.84 bits per heavy atom. The van der Waals surface area contributed by atoms with Gasteiger partial charge in [-0.2, -0.15) is 0 Å². The lowest BCUT2D eigenvalue weighted by Crippen LogP contribution is -2.51. The molecule has 0 aromatic rings. The molecule has 0 radical (unpaired) electrons. The molecule has 0 saturated heterocycles. The minimum Gasteiger partial charge on any atom is -0.462 e. The zero-order valence-corrected chi connectivity index (χ0v) is 21.9. The van der Waals surface area contributed by atoms with Crippen LogP contribution in [-0.4, -0.2) is 12.1 Å². The van der Waals surface area contributed by atoms with Gasteiger partial charge in [0.25, 0.3) is 0 Å². The van der Waals surface area contributed by atoms with Crippen LogP contribution in [0.2, 0.25) is 0 Å². The second-order valence-electron chi connectivity index (χ2n) is 13.0. The summed E-state index contributed by atoms with van der Waals surface area (Å²) in [5.41, 5.74) is 2.54. The Balaban J connectivity index is 1.45. The Hall–Kier alpha value is -0.790. The van der Waals surface area contributed by atoms with Crippen LogP contribution in [0.15, 0.2) is 11.6 Å². The average molecular weight is 443 g/mol. The van der Waals surface area contributed by atoms with E-state index in [4.69, 9.17) is 4.74 Å². The number of esters is 1. The monoisotopic (exact) mass is 442 g/mol. The molecule has 0 bridgehead atoms. The van der Waals surface area contributed by atoms with E-state index >= 15 is 0 Å². The Morgan fingerprint density at radius 1 is 1.06 bits per heavy atom. The summed E-state index contributed by atoms with van der Waals surface area (Å²) in [5.74, 6) is 5.28. The molecule has 3 saturated carbocycles. The van der Waals surface area contributed by atoms with Crippen LogP contribution in [0.4, 0.5) is 0 Å². The molecule has 0 aromatic carbocycles. The van der Waals surface area contributed by atoms with E-state index in [1.165, 1.54) is 57.8 Å². The number of hydrogen-bond acceptors (Lipinski definition) is 2. The maximum Gasteiger partial charge on any atom is 0.305 e. The Bertz CT molecular complexity index is 708. The first-order valence-electron chi connectivity index (χ1n) is 14.1. The zero-order valence-electron chi connectivity index (χ0n) is 21.9. The van der Waals surface area contributed by atoms with Gasteiger partial charge in [-0.05, 0) is 91.3 Å². The van der Waals surface area contributed by atoms with Crippen LogP contribution < -0.4 is 0 Å². The number of rotatable bonds is 7. The SMILES string of the molecule is CCC(=O)O[C@@H]1CC[C@@]2(C)C(=CC[C@@H]3[C@H]2CC[C@]2(C)[C@@H]([C@H](C)CCCC(C)C)CC[C@@H]32)C1. The summed E-state index contributed by atoms with van der Waals surface area (Å²) in [5, 5.41) is 0. The van der Waals surface area contributed by atoms with E-state index in [0.29, 0.717) is 17.3 Å². The molecule has 0 aromatic heterocycles. The number of fused-ring (bicyclic) bond motifs is 5. The van der Waals surface area contributed by atoms with Gasteiger partial charge < -0.3 is 4.74 Å². The van der Waals surface area contributed by atoms with Crippen LogP contribution in [0.25, 0.3) is 0 Å². The third-order valence-corrected chi connectivity index (χ3v) is 10.8. The summed E-state index contributed by atoms with van der Waals surface area (Å²) in [6.45, 7) is 14.5. The zero-order chi connectivity index (χ0) is 23.1. The molecule has 182 valence electrons. The van der Waals surface area contributed by atoms with Crippen LogP contribution in [0, 0.1) is 46.3 Å². The lowest BCUT2D eigenvalue weighted by molar-refractivity contribution is -0.151. The predicted octanol–water partition coefficient (Wildman–Crippen LogP) is 8.35. The minimum absolute atomic E-state index is 0.0270. The molecule has 0 aliphatic heterocycles. The number of allylic oxidation sites excluding steroid dienone is 1. The van der Waals surface area contributed by atoms with E-state index in [1.807, 2.05) is 6.92 Å². The fraction of sp³-hybridized carbons (Fsp3) is 0.900. The molecule has 4 aliphatic rings. The lowest BCUT2D eigenvalue weighted by Gasteiger charge is -2.58. The van der Waals surface area contributed by atoms with Crippen molar-refractivity contribution in [1.29, 1.82) is 0 Å². The normalized spacial score (nSPS) is 42.0. The molecule has 3 fully saturated rings. The smallest absolute Gasteiger partial charge is 0.305 e. The van der Waals surface area contributed by atoms with Gasteiger partial charge in [0.2, 0.25) is 0 Å². The summed E-state index contributed by atoms with van der Waals surface area (Å²) < 4.78 is 5.76. The standard InChI is InChI=1S/C30H50O2/c1-7-28(31)32-23-15-17-29(5)22(19-23)11-12-24-26-14-13-25(21(4)10-8-9-20(2)3)30(26,6)18-16-27(24)29/h11,20-21,23-27H,7-10,12-19H2,1-6H3/t21-,23-,24+,25-,26+,27-,29+,30-/m1/s1. The molecule has 2 nitrogen and oxygen atoms in total. The maximum atomic E-state index is 11.9. The minimum atomic E-state index is -0.0270. The van der Waals surface area contributed by atoms with Gasteiger partial charge in [0.1, 0.15) is 6.10 Å². The quantitative estimate of drug-likeness (QED) is 0.292. The molecule has 0 spiro atoms. The van der Waals surface area contributed by atoms with E-state index in [-0.39, 0.29) is 12.1 Å². The van der Waals surface area contributed by atoms with Gasteiger partial charge in [-0.3, -0.25) is 4.79 Å². The Morgan fingerprint density at radius 3 is 2.56 bits per heavy atom. The van der Waals surface area contributed by atoms with Crippen LogP contribution in [0.1, 0.15) is 119 Å². The van der Waals surface area contributed by atoms with Crippen molar-refractivity contribution in [3.8, 4) is 0 Å². The van der Waals surface area contributed by atoms with Gasteiger partial charge in [0.15, 0.2) is 0 Å². The van der Waals surface area contributed by atoms with Crippen LogP contribution >= 0.6 is 0 Å². The summed E-state index contributed by atoms with van der Waals surface area (Å²) in [6, 6.07) is 0. The van der Waals surface area contributed by atoms with Gasteiger partial charge in [-0.1, -0.05) is 72.5 Å². The van der Waals surface area contributed by atoms with Gasteiger partial charge in [-0.25, -0.2) is 0 Å². The second-order valence-corrected chi connectivity index (χ2v) is 13.0. The topological polar surface area (TPSA) is 26.3 Å². The van der Waals surface area contributed by atoms with E-state index < -0.39 is 0 Å². The molecule has 0 amide bonds. The van der Waals surface area contributed by atoms with Crippen molar-refractivity contribution in [2.45, 2.75) is 125 Å². The summed E-state index contributed by atoms with van der Waals surface area (Å²) >= 11 is 0. The molecule has 32 heavy (non-hydrogen) atoms. The summed E-state index contributed by atoms with van der Waals surface area (Å²) in [6.07, 6.45) is 17.8. The highest BCUT2D eigenvalue weighted by Crippen LogP contribution is 2.67. The summed E-state index contributed by atoms with van der Waals surface area (Å²) in [7, 11) is 0. The molecule has 0 N–H and O–H groups in total. The average Bonchev–Trinajstić information content (AvgIpc) is 3.11. The van der Waals surface area contributed by atoms with Crippen LogP contribution in [0.3, 0.4) is 0 Å². The Kier molecular flexibility index (Phi) is 7.19. The maximum absolute atomic E-state index is 11.9. The Labute approximate surface area is 198 Å². The predicted molar refractivity (Wildman–Crippen MR) is 133 cm³/mol. The van der Waals surface area contributed by atoms with E-state index in [9.17, 15) is 4.79 Å². The van der Waals surface area contributed by atoms with Gasteiger partial charge in [0.05, 0.1) is 0 Å². The van der Waals surface area contributed by atoms with Crippen molar-refractivity contribution in [3.63, 3.8) is 0 Å².